The number of aryl methyl sites for hydroxylation is 1. The fourth-order valence-electron chi connectivity index (χ4n) is 7.44. The number of hydrogen-bond acceptors (Lipinski definition) is 10. The van der Waals surface area contributed by atoms with Crippen LogP contribution in [-0.2, 0) is 16.0 Å². The van der Waals surface area contributed by atoms with E-state index >= 15 is 0 Å². The summed E-state index contributed by atoms with van der Waals surface area (Å²) in [6.45, 7) is 10.6. The number of unbranched alkanes of at least 4 members (excludes halogenated alkanes) is 2. The maximum atomic E-state index is 10.8. The van der Waals surface area contributed by atoms with Gasteiger partial charge in [0.25, 0.3) is 0 Å². The molecule has 2 aliphatic carbocycles. The number of thioether (sulfide) groups is 1. The number of allylic oxidation sites excluding steroid dienone is 1. The van der Waals surface area contributed by atoms with Crippen molar-refractivity contribution >= 4 is 17.5 Å². The second kappa shape index (κ2) is 16.0. The number of fused-ring (bicyclic) bond motifs is 2. The number of rotatable bonds is 16. The maximum Gasteiger partial charge on any atom is 0.230 e. The molecule has 0 bridgehead atoms. The summed E-state index contributed by atoms with van der Waals surface area (Å²) in [7, 11) is 0. The van der Waals surface area contributed by atoms with Crippen molar-refractivity contribution in [1.82, 2.24) is 9.97 Å². The molecule has 0 unspecified atom stereocenters. The van der Waals surface area contributed by atoms with Crippen molar-refractivity contribution in [2.45, 2.75) is 94.7 Å². The van der Waals surface area contributed by atoms with Crippen molar-refractivity contribution in [2.75, 3.05) is 25.6 Å². The molecule has 1 aromatic carbocycles. The number of phenols is 1. The monoisotopic (exact) mass is 665 g/mol. The van der Waals surface area contributed by atoms with Crippen LogP contribution in [0.5, 0.6) is 11.5 Å². The first-order valence-corrected chi connectivity index (χ1v) is 18.1. The lowest BCUT2D eigenvalue weighted by molar-refractivity contribution is -0.223. The minimum Gasteiger partial charge on any atom is -0.508 e. The molecular formula is C37H51N3O6S. The van der Waals surface area contributed by atoms with Crippen molar-refractivity contribution in [2.24, 2.45) is 22.9 Å². The topological polar surface area (TPSA) is 127 Å². The Morgan fingerprint density at radius 1 is 1.13 bits per heavy atom. The highest BCUT2D eigenvalue weighted by atomic mass is 32.2. The number of benzene rings is 1. The number of aromatic nitrogens is 2. The van der Waals surface area contributed by atoms with Crippen molar-refractivity contribution < 1.29 is 29.6 Å². The minimum atomic E-state index is -1.03. The summed E-state index contributed by atoms with van der Waals surface area (Å²) in [4.78, 5) is 14.9. The summed E-state index contributed by atoms with van der Waals surface area (Å²) in [5.41, 5.74) is 3.41. The summed E-state index contributed by atoms with van der Waals surface area (Å²) in [6.07, 6.45) is 15.7. The van der Waals surface area contributed by atoms with Crippen molar-refractivity contribution in [3.8, 4) is 11.5 Å². The lowest BCUT2D eigenvalue weighted by Gasteiger charge is -2.58. The molecule has 3 aliphatic rings. The Hall–Kier alpha value is -2.92. The Labute approximate surface area is 283 Å². The van der Waals surface area contributed by atoms with Crippen molar-refractivity contribution in [3.05, 3.63) is 72.4 Å². The normalized spacial score (nSPS) is 27.4. The molecular weight excluding hydrogens is 614 g/mol. The van der Waals surface area contributed by atoms with E-state index in [9.17, 15) is 15.3 Å². The highest BCUT2D eigenvalue weighted by Crippen LogP contribution is 2.62. The molecule has 9 nitrogen and oxygen atoms in total. The van der Waals surface area contributed by atoms with Crippen LogP contribution in [0.1, 0.15) is 82.9 Å². The second-order valence-corrected chi connectivity index (χ2v) is 15.1. The van der Waals surface area contributed by atoms with Crippen molar-refractivity contribution in [1.29, 1.82) is 0 Å². The molecule has 0 spiro atoms. The van der Waals surface area contributed by atoms with E-state index < -0.39 is 11.4 Å². The number of phenolic OH excluding ortho intramolecular Hbond substituents is 1. The second-order valence-electron chi connectivity index (χ2n) is 13.8. The molecule has 1 fully saturated rings. The average Bonchev–Trinajstić information content (AvgIpc) is 3.05. The van der Waals surface area contributed by atoms with Crippen LogP contribution in [0.15, 0.2) is 66.2 Å². The lowest BCUT2D eigenvalue weighted by atomic mass is 9.56. The number of hydrogen-bond donors (Lipinski definition) is 3. The summed E-state index contributed by atoms with van der Waals surface area (Å²) < 4.78 is 14.0. The van der Waals surface area contributed by atoms with E-state index in [0.717, 1.165) is 79.0 Å². The number of aliphatic hydroxyl groups is 2. The zero-order chi connectivity index (χ0) is 33.4. The summed E-state index contributed by atoms with van der Waals surface area (Å²) >= 11 is 1.80. The van der Waals surface area contributed by atoms with Gasteiger partial charge in [-0.25, -0.2) is 0 Å². The molecule has 256 valence electrons. The van der Waals surface area contributed by atoms with Gasteiger partial charge in [-0.15, -0.1) is 6.58 Å². The SMILES string of the molecule is C=CCO[C@@]12Oc3ccc(O)cc3[C@H]3[C@H](CCCCO)[C@@H](CCCCO)C=C(C(=NOC(C)(C)C)C[C@@H]1SCCc1cnccn1)[C@H]32. The van der Waals surface area contributed by atoms with E-state index in [-0.39, 0.29) is 47.9 Å². The van der Waals surface area contributed by atoms with E-state index in [4.69, 9.17) is 19.5 Å². The highest BCUT2D eigenvalue weighted by molar-refractivity contribution is 8.00. The number of oxime groups is 1. The zero-order valence-electron chi connectivity index (χ0n) is 28.0. The molecule has 0 amide bonds. The van der Waals surface area contributed by atoms with E-state index in [2.05, 4.69) is 22.6 Å². The van der Waals surface area contributed by atoms with Crippen molar-refractivity contribution in [3.63, 3.8) is 0 Å². The largest absolute Gasteiger partial charge is 0.508 e. The van der Waals surface area contributed by atoms with Crippen LogP contribution in [0.2, 0.25) is 0 Å². The Kier molecular flexibility index (Phi) is 12.0. The lowest BCUT2D eigenvalue weighted by Crippen LogP contribution is -2.64. The average molecular weight is 666 g/mol. The third-order valence-electron chi connectivity index (χ3n) is 9.36. The van der Waals surface area contributed by atoms with Gasteiger partial charge in [-0.3, -0.25) is 9.97 Å². The van der Waals surface area contributed by atoms with Gasteiger partial charge in [-0.05, 0) is 87.8 Å². The molecule has 1 aliphatic heterocycles. The van der Waals surface area contributed by atoms with E-state index in [1.807, 2.05) is 32.9 Å². The molecule has 2 aromatic rings. The predicted molar refractivity (Wildman–Crippen MR) is 186 cm³/mol. The smallest absolute Gasteiger partial charge is 0.230 e. The molecule has 10 heteroatoms. The summed E-state index contributed by atoms with van der Waals surface area (Å²) in [5, 5.41) is 34.9. The number of aromatic hydroxyl groups is 1. The predicted octanol–water partition coefficient (Wildman–Crippen LogP) is 6.59. The van der Waals surface area contributed by atoms with Gasteiger partial charge in [-0.2, -0.15) is 11.8 Å². The molecule has 3 N–H and O–H groups in total. The number of aliphatic hydroxyl groups excluding tert-OH is 2. The van der Waals surface area contributed by atoms with Crippen LogP contribution in [0.4, 0.5) is 0 Å². The van der Waals surface area contributed by atoms with Crippen LogP contribution in [-0.4, -0.2) is 73.2 Å². The summed E-state index contributed by atoms with van der Waals surface area (Å²) in [5.74, 6) is 0.786. The third-order valence-corrected chi connectivity index (χ3v) is 10.7. The molecule has 1 aromatic heterocycles. The standard InChI is InChI=1S/C37H51N3O6S/c1-5-19-44-37-33(47-20-14-26-24-38-15-16-39-26)23-31(40-46-36(2,3)4)29-21-25(10-6-8-17-41)28(11-7-9-18-42)34(35(29)37)30-22-27(43)12-13-32(30)45-37/h5,12-13,15-16,21-22,24-25,28,33-35,41-43H,1,6-11,14,17-20,23H2,2-4H3/t25-,28+,33-,34+,35+,37+/m0/s1. The van der Waals surface area contributed by atoms with E-state index in [1.54, 1.807) is 42.5 Å². The van der Waals surface area contributed by atoms with Gasteiger partial charge in [-0.1, -0.05) is 30.1 Å². The minimum absolute atomic E-state index is 0.0447. The van der Waals surface area contributed by atoms with Gasteiger partial charge < -0.3 is 29.6 Å². The molecule has 1 saturated carbocycles. The third kappa shape index (κ3) is 8.21. The Morgan fingerprint density at radius 2 is 1.91 bits per heavy atom. The van der Waals surface area contributed by atoms with Crippen LogP contribution < -0.4 is 4.74 Å². The highest BCUT2D eigenvalue weighted by Gasteiger charge is 2.64. The van der Waals surface area contributed by atoms with Gasteiger partial charge in [0.05, 0.1) is 29.2 Å². The molecule has 0 radical (unpaired) electrons. The van der Waals surface area contributed by atoms with Crippen LogP contribution in [0.25, 0.3) is 0 Å². The molecule has 2 heterocycles. The first-order chi connectivity index (χ1) is 22.7. The number of nitrogens with zero attached hydrogens (tertiary/aromatic N) is 3. The molecule has 5 rings (SSSR count). The Bertz CT molecular complexity index is 1400. The van der Waals surface area contributed by atoms with E-state index in [1.165, 1.54) is 0 Å². The van der Waals surface area contributed by atoms with E-state index in [0.29, 0.717) is 13.0 Å². The molecule has 0 saturated heterocycles. The summed E-state index contributed by atoms with van der Waals surface area (Å²) in [6, 6.07) is 5.41. The molecule has 6 atom stereocenters. The maximum absolute atomic E-state index is 10.8. The van der Waals surface area contributed by atoms with Gasteiger partial charge in [0, 0.05) is 56.1 Å². The Morgan fingerprint density at radius 3 is 2.62 bits per heavy atom. The quantitative estimate of drug-likeness (QED) is 0.103. The fourth-order valence-corrected chi connectivity index (χ4v) is 8.82. The van der Waals surface area contributed by atoms with Gasteiger partial charge in [0.2, 0.25) is 5.79 Å². The van der Waals surface area contributed by atoms with Crippen LogP contribution in [0.3, 0.4) is 0 Å². The first-order valence-electron chi connectivity index (χ1n) is 17.0. The van der Waals surface area contributed by atoms with Gasteiger partial charge in [0.1, 0.15) is 17.1 Å². The van der Waals surface area contributed by atoms with Gasteiger partial charge >= 0.3 is 0 Å². The van der Waals surface area contributed by atoms with Crippen LogP contribution >= 0.6 is 11.8 Å². The Balaban J connectivity index is 1.67. The fraction of sp³-hybridized carbons (Fsp3) is 0.595. The molecule has 47 heavy (non-hydrogen) atoms. The number of ether oxygens (including phenoxy) is 2. The first kappa shape index (κ1) is 35.4. The zero-order valence-corrected chi connectivity index (χ0v) is 28.8. The van der Waals surface area contributed by atoms with Crippen LogP contribution in [0, 0.1) is 17.8 Å². The van der Waals surface area contributed by atoms with Gasteiger partial charge in [0.15, 0.2) is 0 Å².